The van der Waals surface area contributed by atoms with Crippen LogP contribution in [0.3, 0.4) is 0 Å². The molecule has 4 heteroatoms. The number of carbonyl (C=O) groups excluding carboxylic acids is 1. The van der Waals surface area contributed by atoms with E-state index >= 15 is 0 Å². The Morgan fingerprint density at radius 2 is 2.20 bits per heavy atom. The lowest BCUT2D eigenvalue weighted by molar-refractivity contribution is -0.123. The zero-order chi connectivity index (χ0) is 14.4. The molecule has 1 aromatic heterocycles. The van der Waals surface area contributed by atoms with Crippen LogP contribution in [0.25, 0.3) is 10.9 Å². The van der Waals surface area contributed by atoms with E-state index in [1.165, 1.54) is 0 Å². The van der Waals surface area contributed by atoms with Gasteiger partial charge in [-0.25, -0.2) is 0 Å². The molecule has 0 spiro atoms. The van der Waals surface area contributed by atoms with Crippen molar-refractivity contribution in [2.45, 2.75) is 19.8 Å². The van der Waals surface area contributed by atoms with Crippen LogP contribution in [0, 0.1) is 17.2 Å². The fourth-order valence-corrected chi connectivity index (χ4v) is 2.15. The van der Waals surface area contributed by atoms with Gasteiger partial charge < -0.3 is 5.32 Å². The minimum atomic E-state index is -0.555. The smallest absolute Gasteiger partial charge is 0.237 e. The maximum Gasteiger partial charge on any atom is 0.237 e. The Kier molecular flexibility index (Phi) is 4.67. The average molecular weight is 267 g/mol. The number of benzene rings is 1. The topological polar surface area (TPSA) is 65.8 Å². The van der Waals surface area contributed by atoms with E-state index < -0.39 is 5.92 Å². The van der Waals surface area contributed by atoms with Crippen LogP contribution in [0.15, 0.2) is 36.5 Å². The second kappa shape index (κ2) is 6.67. The van der Waals surface area contributed by atoms with Gasteiger partial charge >= 0.3 is 0 Å². The van der Waals surface area contributed by atoms with E-state index in [9.17, 15) is 4.79 Å². The van der Waals surface area contributed by atoms with Crippen molar-refractivity contribution in [2.75, 3.05) is 6.54 Å². The third kappa shape index (κ3) is 3.12. The summed E-state index contributed by atoms with van der Waals surface area (Å²) in [6.07, 6.45) is 3.02. The largest absolute Gasteiger partial charge is 0.355 e. The minimum Gasteiger partial charge on any atom is -0.355 e. The summed E-state index contributed by atoms with van der Waals surface area (Å²) in [6, 6.07) is 12.0. The molecule has 4 nitrogen and oxygen atoms in total. The van der Waals surface area contributed by atoms with Crippen molar-refractivity contribution in [3.05, 3.63) is 42.1 Å². The molecule has 1 atom stereocenters. The van der Waals surface area contributed by atoms with Crippen molar-refractivity contribution in [1.29, 1.82) is 5.26 Å². The highest BCUT2D eigenvalue weighted by Crippen LogP contribution is 2.16. The molecule has 1 aromatic carbocycles. The first-order valence-electron chi connectivity index (χ1n) is 6.76. The number of hydrogen-bond acceptors (Lipinski definition) is 3. The van der Waals surface area contributed by atoms with Crippen molar-refractivity contribution < 1.29 is 4.79 Å². The third-order valence-corrected chi connectivity index (χ3v) is 3.29. The van der Waals surface area contributed by atoms with Crippen LogP contribution in [-0.2, 0) is 11.2 Å². The Labute approximate surface area is 118 Å². The van der Waals surface area contributed by atoms with Gasteiger partial charge in [0, 0.05) is 18.1 Å². The van der Waals surface area contributed by atoms with Crippen LogP contribution in [-0.4, -0.2) is 17.4 Å². The van der Waals surface area contributed by atoms with Crippen LogP contribution in [0.5, 0.6) is 0 Å². The number of nitriles is 1. The molecule has 1 heterocycles. The molecule has 0 aliphatic heterocycles. The van der Waals surface area contributed by atoms with E-state index in [2.05, 4.69) is 10.3 Å². The van der Waals surface area contributed by atoms with Crippen molar-refractivity contribution >= 4 is 16.8 Å². The molecular weight excluding hydrogens is 250 g/mol. The monoisotopic (exact) mass is 267 g/mol. The lowest BCUT2D eigenvalue weighted by atomic mass is 10.1. The highest BCUT2D eigenvalue weighted by atomic mass is 16.1. The van der Waals surface area contributed by atoms with Crippen molar-refractivity contribution in [1.82, 2.24) is 10.3 Å². The lowest BCUT2D eigenvalue weighted by Gasteiger charge is -2.09. The van der Waals surface area contributed by atoms with Crippen LogP contribution in [0.4, 0.5) is 0 Å². The number of hydrogen-bond donors (Lipinski definition) is 1. The van der Waals surface area contributed by atoms with Crippen molar-refractivity contribution in [3.63, 3.8) is 0 Å². The van der Waals surface area contributed by atoms with E-state index in [4.69, 9.17) is 5.26 Å². The summed E-state index contributed by atoms with van der Waals surface area (Å²) < 4.78 is 0. The molecule has 0 radical (unpaired) electrons. The second-order valence-corrected chi connectivity index (χ2v) is 4.62. The number of carbonyl (C=O) groups is 1. The van der Waals surface area contributed by atoms with Gasteiger partial charge in [0.1, 0.15) is 5.92 Å². The normalized spacial score (nSPS) is 11.8. The van der Waals surface area contributed by atoms with Gasteiger partial charge in [0.25, 0.3) is 0 Å². The minimum absolute atomic E-state index is 0.191. The predicted molar refractivity (Wildman–Crippen MR) is 77.9 cm³/mol. The number of amides is 1. The first kappa shape index (κ1) is 14.0. The molecular formula is C16H17N3O. The number of fused-ring (bicyclic) bond motifs is 1. The summed E-state index contributed by atoms with van der Waals surface area (Å²) in [7, 11) is 0. The van der Waals surface area contributed by atoms with E-state index in [0.717, 1.165) is 16.5 Å². The zero-order valence-electron chi connectivity index (χ0n) is 11.5. The third-order valence-electron chi connectivity index (χ3n) is 3.29. The molecule has 1 N–H and O–H groups in total. The van der Waals surface area contributed by atoms with Crippen LogP contribution < -0.4 is 5.32 Å². The van der Waals surface area contributed by atoms with Gasteiger partial charge in [-0.15, -0.1) is 0 Å². The number of nitrogens with zero attached hydrogens (tertiary/aromatic N) is 2. The summed E-state index contributed by atoms with van der Waals surface area (Å²) in [5, 5.41) is 12.7. The van der Waals surface area contributed by atoms with Crippen LogP contribution in [0.2, 0.25) is 0 Å². The van der Waals surface area contributed by atoms with Gasteiger partial charge in [-0.05, 0) is 24.5 Å². The second-order valence-electron chi connectivity index (χ2n) is 4.62. The highest BCUT2D eigenvalue weighted by Gasteiger charge is 2.14. The van der Waals surface area contributed by atoms with E-state index in [1.807, 2.05) is 43.3 Å². The van der Waals surface area contributed by atoms with Crippen LogP contribution >= 0.6 is 0 Å². The maximum atomic E-state index is 11.7. The molecule has 0 saturated carbocycles. The van der Waals surface area contributed by atoms with Crippen LogP contribution in [0.1, 0.15) is 18.9 Å². The van der Waals surface area contributed by atoms with Crippen molar-refractivity contribution in [3.8, 4) is 6.07 Å². The molecule has 0 aliphatic carbocycles. The lowest BCUT2D eigenvalue weighted by Crippen LogP contribution is -2.31. The Morgan fingerprint density at radius 1 is 1.40 bits per heavy atom. The molecule has 0 fully saturated rings. The maximum absolute atomic E-state index is 11.7. The predicted octanol–water partition coefficient (Wildman–Crippen LogP) is 2.44. The molecule has 2 rings (SSSR count). The Balaban J connectivity index is 2.00. The molecule has 0 aliphatic rings. The Bertz CT molecular complexity index is 640. The summed E-state index contributed by atoms with van der Waals surface area (Å²) >= 11 is 0. The number of pyridine rings is 1. The number of para-hydroxylation sites is 1. The summed E-state index contributed by atoms with van der Waals surface area (Å²) in [6.45, 7) is 2.36. The van der Waals surface area contributed by atoms with E-state index in [0.29, 0.717) is 19.4 Å². The number of nitrogens with one attached hydrogen (secondary N) is 1. The summed E-state index contributed by atoms with van der Waals surface area (Å²) in [4.78, 5) is 16.1. The standard InChI is InChI=1S/C16H17N3O/c1-2-12(11-17)16(20)19-10-8-14-6-3-5-13-7-4-9-18-15(13)14/h3-7,9,12H,2,8,10H2,1H3,(H,19,20). The van der Waals surface area contributed by atoms with Gasteiger partial charge in [-0.2, -0.15) is 5.26 Å². The first-order valence-corrected chi connectivity index (χ1v) is 6.76. The molecule has 1 unspecified atom stereocenters. The fraction of sp³-hybridized carbons (Fsp3) is 0.312. The average Bonchev–Trinajstić information content (AvgIpc) is 2.49. The fourth-order valence-electron chi connectivity index (χ4n) is 2.15. The van der Waals surface area contributed by atoms with E-state index in [1.54, 1.807) is 6.20 Å². The number of rotatable bonds is 5. The summed E-state index contributed by atoms with van der Waals surface area (Å²) in [5.41, 5.74) is 2.07. The van der Waals surface area contributed by atoms with Gasteiger partial charge in [0.05, 0.1) is 11.6 Å². The van der Waals surface area contributed by atoms with E-state index in [-0.39, 0.29) is 5.91 Å². The molecule has 20 heavy (non-hydrogen) atoms. The number of aromatic nitrogens is 1. The molecule has 102 valence electrons. The SMILES string of the molecule is CCC(C#N)C(=O)NCCc1cccc2cccnc12. The molecule has 0 saturated heterocycles. The molecule has 1 amide bonds. The first-order chi connectivity index (χ1) is 9.76. The quantitative estimate of drug-likeness (QED) is 0.904. The molecule has 0 bridgehead atoms. The summed E-state index contributed by atoms with van der Waals surface area (Å²) in [5.74, 6) is -0.746. The van der Waals surface area contributed by atoms with Gasteiger partial charge in [-0.3, -0.25) is 9.78 Å². The van der Waals surface area contributed by atoms with Gasteiger partial charge in [0.15, 0.2) is 0 Å². The molecule has 2 aromatic rings. The Hall–Kier alpha value is -2.41. The van der Waals surface area contributed by atoms with Crippen molar-refractivity contribution in [2.24, 2.45) is 5.92 Å². The van der Waals surface area contributed by atoms with Gasteiger partial charge in [-0.1, -0.05) is 31.2 Å². The zero-order valence-corrected chi connectivity index (χ0v) is 11.5. The van der Waals surface area contributed by atoms with Gasteiger partial charge in [0.2, 0.25) is 5.91 Å². The Morgan fingerprint density at radius 3 is 2.95 bits per heavy atom. The highest BCUT2D eigenvalue weighted by molar-refractivity contribution is 5.82.